The van der Waals surface area contributed by atoms with E-state index in [1.54, 1.807) is 55.6 Å². The summed E-state index contributed by atoms with van der Waals surface area (Å²) in [7, 11) is 1.55. The lowest BCUT2D eigenvalue weighted by molar-refractivity contribution is -0.113. The molecule has 8 nitrogen and oxygen atoms in total. The number of aromatic carboxylic acids is 1. The van der Waals surface area contributed by atoms with Crippen LogP contribution in [0.1, 0.15) is 10.4 Å². The Morgan fingerprint density at radius 3 is 2.55 bits per heavy atom. The number of carbonyl (C=O) groups is 2. The number of anilines is 1. The molecule has 0 bridgehead atoms. The van der Waals surface area contributed by atoms with Gasteiger partial charge in [0.25, 0.3) is 5.56 Å². The van der Waals surface area contributed by atoms with Gasteiger partial charge >= 0.3 is 5.97 Å². The zero-order chi connectivity index (χ0) is 23.4. The highest BCUT2D eigenvalue weighted by Crippen LogP contribution is 2.24. The molecule has 0 radical (unpaired) electrons. The van der Waals surface area contributed by atoms with Crippen LogP contribution in [0, 0.1) is 0 Å². The van der Waals surface area contributed by atoms with E-state index in [2.05, 4.69) is 10.3 Å². The zero-order valence-electron chi connectivity index (χ0n) is 17.5. The Kier molecular flexibility index (Phi) is 6.41. The van der Waals surface area contributed by atoms with Crippen LogP contribution >= 0.6 is 11.8 Å². The van der Waals surface area contributed by atoms with Gasteiger partial charge in [-0.15, -0.1) is 0 Å². The molecule has 0 aliphatic rings. The highest BCUT2D eigenvalue weighted by Gasteiger charge is 2.15. The van der Waals surface area contributed by atoms with Crippen LogP contribution in [0.4, 0.5) is 5.69 Å². The molecule has 0 unspecified atom stereocenters. The number of fused-ring (bicyclic) bond motifs is 1. The maximum atomic E-state index is 13.3. The van der Waals surface area contributed by atoms with Crippen molar-refractivity contribution < 1.29 is 19.4 Å². The number of aromatic nitrogens is 2. The van der Waals surface area contributed by atoms with Crippen LogP contribution in [0.25, 0.3) is 16.6 Å². The van der Waals surface area contributed by atoms with Gasteiger partial charge < -0.3 is 15.2 Å². The Balaban J connectivity index is 1.63. The maximum absolute atomic E-state index is 13.3. The Morgan fingerprint density at radius 2 is 1.82 bits per heavy atom. The Hall–Kier alpha value is -4.11. The molecular formula is C24H19N3O5S. The van der Waals surface area contributed by atoms with E-state index in [0.717, 1.165) is 11.8 Å². The minimum Gasteiger partial charge on any atom is -0.497 e. The van der Waals surface area contributed by atoms with Gasteiger partial charge in [0, 0.05) is 11.8 Å². The molecular weight excluding hydrogens is 442 g/mol. The van der Waals surface area contributed by atoms with E-state index in [9.17, 15) is 14.4 Å². The number of benzene rings is 3. The van der Waals surface area contributed by atoms with Crippen molar-refractivity contribution in [3.05, 3.63) is 88.7 Å². The van der Waals surface area contributed by atoms with Crippen LogP contribution in [0.15, 0.2) is 82.7 Å². The SMILES string of the molecule is COc1cccc(-n2c(SCC(=O)Nc3ccc(C(=O)O)cc3)nc3ccccc3c2=O)c1. The molecule has 166 valence electrons. The van der Waals surface area contributed by atoms with Gasteiger partial charge in [0.15, 0.2) is 5.16 Å². The van der Waals surface area contributed by atoms with Crippen LogP contribution < -0.4 is 15.6 Å². The summed E-state index contributed by atoms with van der Waals surface area (Å²) in [4.78, 5) is 41.4. The highest BCUT2D eigenvalue weighted by molar-refractivity contribution is 7.99. The van der Waals surface area contributed by atoms with Crippen molar-refractivity contribution in [2.45, 2.75) is 5.16 Å². The molecule has 0 aliphatic heterocycles. The number of para-hydroxylation sites is 1. The lowest BCUT2D eigenvalue weighted by atomic mass is 10.2. The first-order chi connectivity index (χ1) is 16.0. The monoisotopic (exact) mass is 461 g/mol. The summed E-state index contributed by atoms with van der Waals surface area (Å²) in [5.74, 6) is -0.773. The third kappa shape index (κ3) is 4.88. The fourth-order valence-electron chi connectivity index (χ4n) is 3.21. The van der Waals surface area contributed by atoms with Crippen molar-refractivity contribution in [3.63, 3.8) is 0 Å². The second-order valence-corrected chi connectivity index (χ2v) is 7.92. The van der Waals surface area contributed by atoms with E-state index in [-0.39, 0.29) is 22.8 Å². The first kappa shape index (κ1) is 22.1. The largest absolute Gasteiger partial charge is 0.497 e. The smallest absolute Gasteiger partial charge is 0.335 e. The molecule has 0 saturated heterocycles. The molecule has 0 fully saturated rings. The Labute approximate surface area is 192 Å². The molecule has 4 aromatic rings. The zero-order valence-corrected chi connectivity index (χ0v) is 18.3. The minimum absolute atomic E-state index is 0.00453. The Bertz CT molecular complexity index is 1400. The molecule has 0 spiro atoms. The Morgan fingerprint density at radius 1 is 1.06 bits per heavy atom. The number of carbonyl (C=O) groups excluding carboxylic acids is 1. The van der Waals surface area contributed by atoms with E-state index in [0.29, 0.717) is 33.2 Å². The average Bonchev–Trinajstić information content (AvgIpc) is 2.83. The summed E-state index contributed by atoms with van der Waals surface area (Å²) in [5, 5.41) is 12.5. The summed E-state index contributed by atoms with van der Waals surface area (Å²) in [6.07, 6.45) is 0. The van der Waals surface area contributed by atoms with Crippen molar-refractivity contribution in [1.82, 2.24) is 9.55 Å². The molecule has 0 aliphatic carbocycles. The van der Waals surface area contributed by atoms with Crippen LogP contribution in [0.2, 0.25) is 0 Å². The van der Waals surface area contributed by atoms with E-state index in [1.807, 2.05) is 0 Å². The van der Waals surface area contributed by atoms with Gasteiger partial charge in [0.2, 0.25) is 5.91 Å². The summed E-state index contributed by atoms with van der Waals surface area (Å²) >= 11 is 1.12. The molecule has 2 N–H and O–H groups in total. The molecule has 0 saturated carbocycles. The normalized spacial score (nSPS) is 10.7. The summed E-state index contributed by atoms with van der Waals surface area (Å²) < 4.78 is 6.75. The lowest BCUT2D eigenvalue weighted by Crippen LogP contribution is -2.23. The predicted molar refractivity (Wildman–Crippen MR) is 127 cm³/mol. The number of nitrogens with one attached hydrogen (secondary N) is 1. The molecule has 33 heavy (non-hydrogen) atoms. The summed E-state index contributed by atoms with van der Waals surface area (Å²) in [6, 6.07) is 20.0. The molecule has 9 heteroatoms. The van der Waals surface area contributed by atoms with Gasteiger partial charge in [-0.05, 0) is 48.5 Å². The van der Waals surface area contributed by atoms with E-state index < -0.39 is 5.97 Å². The predicted octanol–water partition coefficient (Wildman–Crippen LogP) is 3.82. The van der Waals surface area contributed by atoms with Crippen molar-refractivity contribution in [1.29, 1.82) is 0 Å². The molecule has 0 atom stereocenters. The number of rotatable bonds is 7. The second kappa shape index (κ2) is 9.58. The number of amides is 1. The van der Waals surface area contributed by atoms with Crippen LogP contribution in [-0.4, -0.2) is 39.4 Å². The number of thioether (sulfide) groups is 1. The first-order valence-electron chi connectivity index (χ1n) is 9.88. The maximum Gasteiger partial charge on any atom is 0.335 e. The van der Waals surface area contributed by atoms with Crippen molar-refractivity contribution >= 4 is 40.2 Å². The van der Waals surface area contributed by atoms with Gasteiger partial charge in [-0.25, -0.2) is 9.78 Å². The molecule has 1 heterocycles. The van der Waals surface area contributed by atoms with Gasteiger partial charge in [-0.1, -0.05) is 30.0 Å². The van der Waals surface area contributed by atoms with Crippen LogP contribution in [0.3, 0.4) is 0 Å². The van der Waals surface area contributed by atoms with Crippen LogP contribution in [-0.2, 0) is 4.79 Å². The number of methoxy groups -OCH3 is 1. The fraction of sp³-hybridized carbons (Fsp3) is 0.0833. The van der Waals surface area contributed by atoms with Gasteiger partial charge in [-0.2, -0.15) is 0 Å². The molecule has 4 rings (SSSR count). The third-order valence-corrected chi connectivity index (χ3v) is 5.74. The van der Waals surface area contributed by atoms with Gasteiger partial charge in [-0.3, -0.25) is 14.2 Å². The topological polar surface area (TPSA) is 111 Å². The van der Waals surface area contributed by atoms with Crippen LogP contribution in [0.5, 0.6) is 5.75 Å². The third-order valence-electron chi connectivity index (χ3n) is 4.80. The molecule has 3 aromatic carbocycles. The fourth-order valence-corrected chi connectivity index (χ4v) is 4.02. The number of nitrogens with zero attached hydrogens (tertiary/aromatic N) is 2. The van der Waals surface area contributed by atoms with Gasteiger partial charge in [0.05, 0.1) is 35.0 Å². The molecule has 1 aromatic heterocycles. The van der Waals surface area contributed by atoms with E-state index in [1.165, 1.54) is 28.8 Å². The standard InChI is InChI=1S/C24H19N3O5S/c1-32-18-6-4-5-17(13-18)27-22(29)19-7-2-3-8-20(19)26-24(27)33-14-21(28)25-16-11-9-15(10-12-16)23(30)31/h2-13H,14H2,1H3,(H,25,28)(H,30,31). The van der Waals surface area contributed by atoms with Crippen molar-refractivity contribution in [2.75, 3.05) is 18.2 Å². The lowest BCUT2D eigenvalue weighted by Gasteiger charge is -2.14. The van der Waals surface area contributed by atoms with Gasteiger partial charge in [0.1, 0.15) is 5.75 Å². The first-order valence-corrected chi connectivity index (χ1v) is 10.9. The second-order valence-electron chi connectivity index (χ2n) is 6.97. The number of hydrogen-bond donors (Lipinski definition) is 2. The van der Waals surface area contributed by atoms with E-state index >= 15 is 0 Å². The number of carboxylic acids is 1. The van der Waals surface area contributed by atoms with Crippen molar-refractivity contribution in [2.24, 2.45) is 0 Å². The average molecular weight is 461 g/mol. The number of ether oxygens (including phenoxy) is 1. The highest BCUT2D eigenvalue weighted by atomic mass is 32.2. The number of hydrogen-bond acceptors (Lipinski definition) is 6. The minimum atomic E-state index is -1.04. The van der Waals surface area contributed by atoms with Crippen molar-refractivity contribution in [3.8, 4) is 11.4 Å². The quantitative estimate of drug-likeness (QED) is 0.318. The summed E-state index contributed by atoms with van der Waals surface area (Å²) in [6.45, 7) is 0. The number of carboxylic acid groups (broad SMARTS) is 1. The van der Waals surface area contributed by atoms with E-state index in [4.69, 9.17) is 9.84 Å². The summed E-state index contributed by atoms with van der Waals surface area (Å²) in [5.41, 5.74) is 1.46. The molecule has 1 amide bonds.